The van der Waals surface area contributed by atoms with Crippen molar-refractivity contribution in [1.29, 1.82) is 0 Å². The molecule has 0 bridgehead atoms. The first-order valence-electron chi connectivity index (χ1n) is 9.03. The molecule has 0 saturated heterocycles. The first-order valence-corrected chi connectivity index (χ1v) is 9.39. The number of fused-ring (bicyclic) bond motifs is 5. The molecule has 6 atom stereocenters. The Hall–Kier alpha value is -0.280. The van der Waals surface area contributed by atoms with Crippen molar-refractivity contribution >= 4 is 18.7 Å². The summed E-state index contributed by atoms with van der Waals surface area (Å²) in [5.74, 6) is 2.64. The third-order valence-corrected chi connectivity index (χ3v) is 8.14. The van der Waals surface area contributed by atoms with E-state index >= 15 is 0 Å². The number of carbonyl (C=O) groups excluding carboxylic acids is 1. The predicted octanol–water partition coefficient (Wildman–Crippen LogP) is 4.75. The van der Waals surface area contributed by atoms with E-state index in [1.165, 1.54) is 44.1 Å². The summed E-state index contributed by atoms with van der Waals surface area (Å²) in [6.07, 6.45) is 11.8. The minimum absolute atomic E-state index is 0.127. The average Bonchev–Trinajstić information content (AvgIpc) is 2.89. The molecule has 0 aromatic carbocycles. The van der Waals surface area contributed by atoms with Gasteiger partial charge in [0.15, 0.2) is 5.78 Å². The summed E-state index contributed by atoms with van der Waals surface area (Å²) in [7, 11) is 0. The fourth-order valence-electron chi connectivity index (χ4n) is 6.68. The molecule has 3 heteroatoms. The van der Waals surface area contributed by atoms with Crippen molar-refractivity contribution in [3.8, 4) is 0 Å². The molecule has 3 fully saturated rings. The second kappa shape index (κ2) is 5.11. The summed E-state index contributed by atoms with van der Waals surface area (Å²) < 4.78 is 5.20. The van der Waals surface area contributed by atoms with E-state index < -0.39 is 0 Å². The highest BCUT2D eigenvalue weighted by Crippen LogP contribution is 2.65. The van der Waals surface area contributed by atoms with Gasteiger partial charge in [-0.2, -0.15) is 0 Å². The molecule has 0 heterocycles. The second-order valence-electron chi connectivity index (χ2n) is 8.79. The molecule has 4 rings (SSSR count). The Balaban J connectivity index is 1.69. The summed E-state index contributed by atoms with van der Waals surface area (Å²) in [5.41, 5.74) is 2.17. The van der Waals surface area contributed by atoms with Gasteiger partial charge in [-0.25, -0.2) is 0 Å². The second-order valence-corrected chi connectivity index (χ2v) is 9.00. The highest BCUT2D eigenvalue weighted by Gasteiger charge is 2.57. The molecular weight excluding hydrogens is 292 g/mol. The Labute approximate surface area is 139 Å². The van der Waals surface area contributed by atoms with Crippen LogP contribution in [0.5, 0.6) is 0 Å². The molecule has 22 heavy (non-hydrogen) atoms. The molecule has 3 saturated carbocycles. The van der Waals surface area contributed by atoms with Gasteiger partial charge in [0.2, 0.25) is 0 Å². The maximum Gasteiger partial charge on any atom is 0.185 e. The van der Waals surface area contributed by atoms with Crippen LogP contribution in [0.1, 0.15) is 65.2 Å². The van der Waals surface area contributed by atoms with Gasteiger partial charge in [0, 0.05) is 0 Å². The Kier molecular flexibility index (Phi) is 3.54. The Morgan fingerprint density at radius 3 is 2.77 bits per heavy atom. The van der Waals surface area contributed by atoms with Crippen LogP contribution in [0.4, 0.5) is 0 Å². The van der Waals surface area contributed by atoms with Crippen molar-refractivity contribution in [2.75, 3.05) is 0 Å². The van der Waals surface area contributed by atoms with Crippen molar-refractivity contribution < 1.29 is 8.98 Å². The van der Waals surface area contributed by atoms with Gasteiger partial charge in [-0.1, -0.05) is 25.8 Å². The minimum Gasteiger partial charge on any atom is -0.307 e. The predicted molar refractivity (Wildman–Crippen MR) is 90.6 cm³/mol. The molecule has 0 aromatic rings. The van der Waals surface area contributed by atoms with Crippen LogP contribution in [0.3, 0.4) is 0 Å². The molecule has 4 aliphatic carbocycles. The summed E-state index contributed by atoms with van der Waals surface area (Å²) in [6, 6.07) is 0. The molecular formula is C19H28O2S. The van der Waals surface area contributed by atoms with E-state index in [0.717, 1.165) is 30.6 Å². The van der Waals surface area contributed by atoms with E-state index in [1.807, 2.05) is 6.08 Å². The number of carbonyl (C=O) groups is 1. The molecule has 0 amide bonds. The Morgan fingerprint density at radius 2 is 2.00 bits per heavy atom. The fraction of sp³-hybridized carbons (Fsp3) is 0.842. The Bertz CT molecular complexity index is 528. The SMILES string of the molecule is C[C@@]12CCC[C@H]1[C@@H]1CCC3=CC(=O)C(OS)C[C@]3(C)[C@H]1CC2. The maximum absolute atomic E-state index is 12.2. The standard InChI is InChI=1S/C19H28O2S/c1-18-8-3-4-14(18)13-6-5-12-10-16(20)17(21-22)11-19(12,2)15(13)7-9-18/h10,13-15,17,22H,3-9,11H2,1-2H3/t13-,14-,15-,17?,18-,19-/m0/s1. The van der Waals surface area contributed by atoms with Gasteiger partial charge >= 0.3 is 0 Å². The van der Waals surface area contributed by atoms with E-state index in [9.17, 15) is 4.79 Å². The van der Waals surface area contributed by atoms with Crippen LogP contribution in [0.15, 0.2) is 11.6 Å². The number of ketones is 1. The zero-order valence-electron chi connectivity index (χ0n) is 13.8. The number of allylic oxidation sites excluding steroid dienone is 1. The lowest BCUT2D eigenvalue weighted by Gasteiger charge is -2.57. The zero-order valence-corrected chi connectivity index (χ0v) is 14.7. The van der Waals surface area contributed by atoms with Crippen LogP contribution in [0.25, 0.3) is 0 Å². The lowest BCUT2D eigenvalue weighted by molar-refractivity contribution is -0.125. The third kappa shape index (κ3) is 2.00. The van der Waals surface area contributed by atoms with E-state index in [0.29, 0.717) is 5.41 Å². The van der Waals surface area contributed by atoms with E-state index in [1.54, 1.807) is 0 Å². The molecule has 0 N–H and O–H groups in total. The minimum atomic E-state index is -0.340. The van der Waals surface area contributed by atoms with Gasteiger partial charge in [0.05, 0.1) is 0 Å². The molecule has 4 aliphatic rings. The van der Waals surface area contributed by atoms with E-state index in [2.05, 4.69) is 26.8 Å². The van der Waals surface area contributed by atoms with Crippen LogP contribution >= 0.6 is 12.9 Å². The highest BCUT2D eigenvalue weighted by molar-refractivity contribution is 7.75. The highest BCUT2D eigenvalue weighted by atomic mass is 32.1. The quantitative estimate of drug-likeness (QED) is 0.557. The van der Waals surface area contributed by atoms with Gasteiger partial charge in [0.1, 0.15) is 6.10 Å². The lowest BCUT2D eigenvalue weighted by Crippen LogP contribution is -2.51. The molecule has 122 valence electrons. The van der Waals surface area contributed by atoms with Crippen molar-refractivity contribution in [3.63, 3.8) is 0 Å². The first kappa shape index (κ1) is 15.3. The van der Waals surface area contributed by atoms with Crippen LogP contribution in [-0.2, 0) is 8.98 Å². The molecule has 0 radical (unpaired) electrons. The first-order chi connectivity index (χ1) is 10.5. The third-order valence-electron chi connectivity index (χ3n) is 7.89. The van der Waals surface area contributed by atoms with Crippen LogP contribution in [0.2, 0.25) is 0 Å². The lowest BCUT2D eigenvalue weighted by atomic mass is 9.47. The molecule has 2 nitrogen and oxygen atoms in total. The van der Waals surface area contributed by atoms with E-state index in [-0.39, 0.29) is 17.3 Å². The molecule has 0 aromatic heterocycles. The molecule has 1 unspecified atom stereocenters. The summed E-state index contributed by atoms with van der Waals surface area (Å²) in [4.78, 5) is 12.2. The smallest absolute Gasteiger partial charge is 0.185 e. The van der Waals surface area contributed by atoms with Gasteiger partial charge in [-0.15, -0.1) is 0 Å². The summed E-state index contributed by atoms with van der Waals surface area (Å²) in [5, 5.41) is 0. The van der Waals surface area contributed by atoms with Crippen LogP contribution in [0, 0.1) is 28.6 Å². The van der Waals surface area contributed by atoms with Gasteiger partial charge in [-0.05, 0) is 92.5 Å². The Morgan fingerprint density at radius 1 is 1.18 bits per heavy atom. The normalized spacial score (nSPS) is 50.9. The average molecular weight is 320 g/mol. The van der Waals surface area contributed by atoms with Gasteiger partial charge in [-0.3, -0.25) is 4.79 Å². The number of rotatable bonds is 1. The van der Waals surface area contributed by atoms with Gasteiger partial charge < -0.3 is 4.18 Å². The van der Waals surface area contributed by atoms with Crippen molar-refractivity contribution in [2.24, 2.45) is 28.6 Å². The monoisotopic (exact) mass is 320 g/mol. The maximum atomic E-state index is 12.2. The number of thiol groups is 1. The summed E-state index contributed by atoms with van der Waals surface area (Å²) >= 11 is 3.96. The van der Waals surface area contributed by atoms with E-state index in [4.69, 9.17) is 4.18 Å². The van der Waals surface area contributed by atoms with Crippen LogP contribution < -0.4 is 0 Å². The largest absolute Gasteiger partial charge is 0.307 e. The number of hydrogen-bond acceptors (Lipinski definition) is 3. The molecule has 0 spiro atoms. The topological polar surface area (TPSA) is 26.3 Å². The van der Waals surface area contributed by atoms with Crippen LogP contribution in [-0.4, -0.2) is 11.9 Å². The fourth-order valence-corrected chi connectivity index (χ4v) is 6.86. The molecule has 0 aliphatic heterocycles. The number of hydrogen-bond donors (Lipinski definition) is 1. The summed E-state index contributed by atoms with van der Waals surface area (Å²) in [6.45, 7) is 4.94. The zero-order chi connectivity index (χ0) is 15.5. The van der Waals surface area contributed by atoms with Crippen molar-refractivity contribution in [3.05, 3.63) is 11.6 Å². The van der Waals surface area contributed by atoms with Crippen molar-refractivity contribution in [1.82, 2.24) is 0 Å². The van der Waals surface area contributed by atoms with Gasteiger partial charge in [0.25, 0.3) is 0 Å². The van der Waals surface area contributed by atoms with Crippen molar-refractivity contribution in [2.45, 2.75) is 71.3 Å².